The summed E-state index contributed by atoms with van der Waals surface area (Å²) in [4.78, 5) is 21.9. The third-order valence-electron chi connectivity index (χ3n) is 1.61. The number of rotatable bonds is 0. The molecular weight excluding hydrogens is 178 g/mol. The van der Waals surface area contributed by atoms with Crippen molar-refractivity contribution in [1.29, 1.82) is 0 Å². The van der Waals surface area contributed by atoms with Gasteiger partial charge in [-0.2, -0.15) is 0 Å². The highest BCUT2D eigenvalue weighted by Gasteiger charge is 2.18. The topological polar surface area (TPSA) is 46.2 Å². The van der Waals surface area contributed by atoms with E-state index < -0.39 is 0 Å². The summed E-state index contributed by atoms with van der Waals surface area (Å²) < 4.78 is 0. The first kappa shape index (κ1) is 8.74. The fraction of sp³-hybridized carbons (Fsp3) is 0. The molecule has 1 aliphatic rings. The highest BCUT2D eigenvalue weighted by molar-refractivity contribution is 6.14. The van der Waals surface area contributed by atoms with Crippen LogP contribution < -0.4 is 5.32 Å². The lowest BCUT2D eigenvalue weighted by atomic mass is 10.1. The Labute approximate surface area is 75.2 Å². The van der Waals surface area contributed by atoms with E-state index in [-0.39, 0.29) is 24.2 Å². The van der Waals surface area contributed by atoms with E-state index in [0.29, 0.717) is 11.1 Å². The number of imide groups is 1. The highest BCUT2D eigenvalue weighted by Crippen LogP contribution is 2.09. The Kier molecular flexibility index (Phi) is 2.15. The summed E-state index contributed by atoms with van der Waals surface area (Å²) in [6, 6.07) is 6.62. The largest absolute Gasteiger partial charge is 0.288 e. The first-order chi connectivity index (χ1) is 5.27. The molecule has 1 aromatic rings. The minimum atomic E-state index is -0.317. The maximum absolute atomic E-state index is 10.9. The summed E-state index contributed by atoms with van der Waals surface area (Å²) in [6.07, 6.45) is 0. The summed E-state index contributed by atoms with van der Waals surface area (Å²) in [7, 11) is 0. The second-order valence-electron chi connectivity index (χ2n) is 2.36. The molecule has 12 heavy (non-hydrogen) atoms. The molecular formula is C8H6ClNO2. The van der Waals surface area contributed by atoms with Crippen LogP contribution in [0.25, 0.3) is 0 Å². The summed E-state index contributed by atoms with van der Waals surface area (Å²) >= 11 is 0. The monoisotopic (exact) mass is 183 g/mol. The van der Waals surface area contributed by atoms with E-state index in [9.17, 15) is 9.59 Å². The Bertz CT molecular complexity index is 319. The SMILES string of the molecule is Cl.O=C1NC(=O)c2cccc1c2. The molecule has 1 aromatic carbocycles. The number of nitrogens with one attached hydrogen (secondary N) is 1. The van der Waals surface area contributed by atoms with Crippen LogP contribution in [0.3, 0.4) is 0 Å². The molecule has 2 amide bonds. The molecule has 1 N–H and O–H groups in total. The average molecular weight is 184 g/mol. The van der Waals surface area contributed by atoms with Crippen molar-refractivity contribution in [3.05, 3.63) is 35.4 Å². The summed E-state index contributed by atoms with van der Waals surface area (Å²) in [5.41, 5.74) is 1.09. The molecule has 0 saturated heterocycles. The van der Waals surface area contributed by atoms with Crippen molar-refractivity contribution in [2.24, 2.45) is 0 Å². The molecule has 3 nitrogen and oxygen atoms in total. The summed E-state index contributed by atoms with van der Waals surface area (Å²) in [6.45, 7) is 0. The fourth-order valence-electron chi connectivity index (χ4n) is 1.05. The number of hydrogen-bond donors (Lipinski definition) is 1. The normalized spacial score (nSPS) is 13.3. The predicted octanol–water partition coefficient (Wildman–Crippen LogP) is 0.992. The van der Waals surface area contributed by atoms with Gasteiger partial charge >= 0.3 is 0 Å². The van der Waals surface area contributed by atoms with Crippen LogP contribution in [0.4, 0.5) is 0 Å². The second-order valence-corrected chi connectivity index (χ2v) is 2.36. The van der Waals surface area contributed by atoms with Gasteiger partial charge in [0, 0.05) is 11.1 Å². The first-order valence-electron chi connectivity index (χ1n) is 3.23. The van der Waals surface area contributed by atoms with Gasteiger partial charge in [-0.1, -0.05) is 6.07 Å². The fourth-order valence-corrected chi connectivity index (χ4v) is 1.05. The van der Waals surface area contributed by atoms with E-state index in [1.807, 2.05) is 0 Å². The average Bonchev–Trinajstić information content (AvgIpc) is 2.02. The van der Waals surface area contributed by atoms with Crippen molar-refractivity contribution in [3.8, 4) is 0 Å². The standard InChI is InChI=1S/C8H5NO2.ClH/c10-7-5-2-1-3-6(4-5)8(11)9-7;/h1-4H,(H,9,10,11);1H. The molecule has 2 rings (SSSR count). The number of carbonyl (C=O) groups excluding carboxylic acids is 2. The number of benzene rings is 1. The number of carbonyl (C=O) groups is 2. The van der Waals surface area contributed by atoms with Crippen LogP contribution in [0.15, 0.2) is 24.3 Å². The second kappa shape index (κ2) is 2.95. The van der Waals surface area contributed by atoms with Crippen LogP contribution in [-0.2, 0) is 0 Å². The highest BCUT2D eigenvalue weighted by atomic mass is 35.5. The predicted molar refractivity (Wildman–Crippen MR) is 45.5 cm³/mol. The molecule has 4 heteroatoms. The van der Waals surface area contributed by atoms with Gasteiger partial charge in [-0.15, -0.1) is 12.4 Å². The molecule has 2 bridgehead atoms. The van der Waals surface area contributed by atoms with Crippen molar-refractivity contribution in [2.45, 2.75) is 0 Å². The number of halogens is 1. The lowest BCUT2D eigenvalue weighted by Gasteiger charge is -2.10. The molecule has 1 aliphatic heterocycles. The quantitative estimate of drug-likeness (QED) is 0.610. The van der Waals surface area contributed by atoms with Gasteiger partial charge in [0.15, 0.2) is 0 Å². The van der Waals surface area contributed by atoms with Gasteiger partial charge in [0.2, 0.25) is 0 Å². The van der Waals surface area contributed by atoms with Crippen molar-refractivity contribution in [2.75, 3.05) is 0 Å². The number of fused-ring (bicyclic) bond motifs is 2. The van der Waals surface area contributed by atoms with E-state index in [1.165, 1.54) is 0 Å². The van der Waals surface area contributed by atoms with Gasteiger partial charge < -0.3 is 0 Å². The van der Waals surface area contributed by atoms with E-state index >= 15 is 0 Å². The van der Waals surface area contributed by atoms with Crippen LogP contribution >= 0.6 is 12.4 Å². The molecule has 0 aromatic heterocycles. The molecule has 0 spiro atoms. The zero-order valence-corrected chi connectivity index (χ0v) is 6.85. The molecule has 0 aliphatic carbocycles. The van der Waals surface area contributed by atoms with Crippen molar-refractivity contribution < 1.29 is 9.59 Å². The molecule has 0 fully saturated rings. The molecule has 0 atom stereocenters. The molecule has 62 valence electrons. The molecule has 0 saturated carbocycles. The lowest BCUT2D eigenvalue weighted by Crippen LogP contribution is -2.34. The molecule has 0 radical (unpaired) electrons. The maximum Gasteiger partial charge on any atom is 0.258 e. The van der Waals surface area contributed by atoms with Gasteiger partial charge in [-0.25, -0.2) is 0 Å². The van der Waals surface area contributed by atoms with Gasteiger partial charge in [-0.3, -0.25) is 14.9 Å². The minimum absolute atomic E-state index is 0. The molecule has 0 unspecified atom stereocenters. The van der Waals surface area contributed by atoms with Gasteiger partial charge in [-0.05, 0) is 18.2 Å². The third-order valence-corrected chi connectivity index (χ3v) is 1.61. The van der Waals surface area contributed by atoms with E-state index in [0.717, 1.165) is 0 Å². The maximum atomic E-state index is 10.9. The Hall–Kier alpha value is -1.35. The Balaban J connectivity index is 0.000000720. The van der Waals surface area contributed by atoms with Crippen molar-refractivity contribution >= 4 is 24.2 Å². The van der Waals surface area contributed by atoms with Crippen molar-refractivity contribution in [1.82, 2.24) is 5.32 Å². The Morgan fingerprint density at radius 3 is 2.00 bits per heavy atom. The zero-order chi connectivity index (χ0) is 7.84. The number of hydrogen-bond acceptors (Lipinski definition) is 2. The number of amides is 2. The smallest absolute Gasteiger partial charge is 0.258 e. The first-order valence-corrected chi connectivity index (χ1v) is 3.23. The summed E-state index contributed by atoms with van der Waals surface area (Å²) in [5.74, 6) is -0.633. The van der Waals surface area contributed by atoms with Crippen LogP contribution in [0.2, 0.25) is 0 Å². The third kappa shape index (κ3) is 1.19. The van der Waals surface area contributed by atoms with Gasteiger partial charge in [0.05, 0.1) is 0 Å². The van der Waals surface area contributed by atoms with E-state index in [2.05, 4.69) is 5.32 Å². The van der Waals surface area contributed by atoms with Gasteiger partial charge in [0.25, 0.3) is 11.8 Å². The minimum Gasteiger partial charge on any atom is -0.288 e. The van der Waals surface area contributed by atoms with Crippen LogP contribution in [0.5, 0.6) is 0 Å². The zero-order valence-electron chi connectivity index (χ0n) is 6.03. The lowest BCUT2D eigenvalue weighted by molar-refractivity contribution is 0.0840. The molecule has 1 heterocycles. The van der Waals surface area contributed by atoms with Crippen molar-refractivity contribution in [3.63, 3.8) is 0 Å². The summed E-state index contributed by atoms with van der Waals surface area (Å²) in [5, 5.41) is 2.22. The van der Waals surface area contributed by atoms with E-state index in [4.69, 9.17) is 0 Å². The van der Waals surface area contributed by atoms with Crippen LogP contribution in [-0.4, -0.2) is 11.8 Å². The van der Waals surface area contributed by atoms with Crippen LogP contribution in [0, 0.1) is 0 Å². The van der Waals surface area contributed by atoms with Gasteiger partial charge in [0.1, 0.15) is 0 Å². The van der Waals surface area contributed by atoms with Crippen LogP contribution in [0.1, 0.15) is 20.7 Å². The Morgan fingerprint density at radius 1 is 1.00 bits per heavy atom. The van der Waals surface area contributed by atoms with E-state index in [1.54, 1.807) is 24.3 Å². The Morgan fingerprint density at radius 2 is 1.50 bits per heavy atom.